The van der Waals surface area contributed by atoms with E-state index in [-0.39, 0.29) is 6.04 Å². The van der Waals surface area contributed by atoms with Gasteiger partial charge in [-0.2, -0.15) is 0 Å². The van der Waals surface area contributed by atoms with Crippen molar-refractivity contribution in [2.24, 2.45) is 0 Å². The Balaban J connectivity index is 1.70. The molecule has 38 heavy (non-hydrogen) atoms. The van der Waals surface area contributed by atoms with Crippen LogP contribution in [0.15, 0.2) is 121 Å². The Hall–Kier alpha value is -3.78. The van der Waals surface area contributed by atoms with E-state index in [0.717, 1.165) is 44.3 Å². The van der Waals surface area contributed by atoms with Crippen molar-refractivity contribution < 1.29 is 0 Å². The molecule has 2 aliphatic rings. The Kier molecular flexibility index (Phi) is 9.43. The molecule has 0 radical (unpaired) electrons. The molecule has 0 aliphatic heterocycles. The van der Waals surface area contributed by atoms with Gasteiger partial charge < -0.3 is 9.47 Å². The molecule has 1 heterocycles. The summed E-state index contributed by atoms with van der Waals surface area (Å²) in [7, 11) is 0. The first kappa shape index (κ1) is 27.3. The molecule has 2 heteroatoms. The van der Waals surface area contributed by atoms with Crippen molar-refractivity contribution in [1.29, 1.82) is 0 Å². The maximum absolute atomic E-state index is 4.58. The molecule has 0 N–H and O–H groups in total. The van der Waals surface area contributed by atoms with Crippen LogP contribution < -0.4 is 0 Å². The van der Waals surface area contributed by atoms with Crippen LogP contribution in [0.5, 0.6) is 0 Å². The van der Waals surface area contributed by atoms with Crippen LogP contribution in [0.3, 0.4) is 0 Å². The second-order valence-corrected chi connectivity index (χ2v) is 9.84. The number of benzene rings is 1. The molecule has 2 nitrogen and oxygen atoms in total. The summed E-state index contributed by atoms with van der Waals surface area (Å²) in [6.07, 6.45) is 31.8. The fourth-order valence-electron chi connectivity index (χ4n) is 5.55. The lowest BCUT2D eigenvalue weighted by Gasteiger charge is -2.33. The predicted octanol–water partition coefficient (Wildman–Crippen LogP) is 9.58. The van der Waals surface area contributed by atoms with Gasteiger partial charge >= 0.3 is 0 Å². The van der Waals surface area contributed by atoms with E-state index in [1.54, 1.807) is 0 Å². The minimum Gasteiger partial charge on any atom is -0.361 e. The van der Waals surface area contributed by atoms with Crippen molar-refractivity contribution in [3.63, 3.8) is 0 Å². The smallest absolute Gasteiger partial charge is 0.0537 e. The summed E-state index contributed by atoms with van der Waals surface area (Å²) in [4.78, 5) is 2.49. The summed E-state index contributed by atoms with van der Waals surface area (Å²) in [6, 6.07) is 9.00. The van der Waals surface area contributed by atoms with E-state index in [9.17, 15) is 0 Å². The number of para-hydroxylation sites is 1. The number of rotatable bonds is 11. The SMILES string of the molecule is C=C/C=C\CN(C(/C=C\CC)=C\C)C1C=C(/C(=C/C(=C)n2c3c(c4ccccc42)C=CCC3)CC)C=CC1. The van der Waals surface area contributed by atoms with Crippen LogP contribution in [0.4, 0.5) is 0 Å². The summed E-state index contributed by atoms with van der Waals surface area (Å²) in [5.41, 5.74) is 8.87. The number of allylic oxidation sites excluding steroid dienone is 11. The molecule has 1 atom stereocenters. The number of aromatic nitrogens is 1. The first-order valence-corrected chi connectivity index (χ1v) is 14.1. The average Bonchev–Trinajstić information content (AvgIpc) is 3.30. The van der Waals surface area contributed by atoms with E-state index in [1.807, 2.05) is 12.2 Å². The third-order valence-corrected chi connectivity index (χ3v) is 7.40. The number of hydrogen-bond donors (Lipinski definition) is 0. The molecular weight excluding hydrogens is 460 g/mol. The lowest BCUT2D eigenvalue weighted by molar-refractivity contribution is 0.329. The van der Waals surface area contributed by atoms with Gasteiger partial charge in [0.2, 0.25) is 0 Å². The van der Waals surface area contributed by atoms with E-state index in [4.69, 9.17) is 0 Å². The Bertz CT molecular complexity index is 1380. The molecule has 2 aliphatic carbocycles. The van der Waals surface area contributed by atoms with E-state index >= 15 is 0 Å². The minimum atomic E-state index is 0.283. The summed E-state index contributed by atoms with van der Waals surface area (Å²) in [5.74, 6) is 0. The van der Waals surface area contributed by atoms with E-state index in [0.29, 0.717) is 0 Å². The largest absolute Gasteiger partial charge is 0.361 e. The zero-order valence-electron chi connectivity index (χ0n) is 23.4. The lowest BCUT2D eigenvalue weighted by atomic mass is 9.93. The highest BCUT2D eigenvalue weighted by Gasteiger charge is 2.21. The summed E-state index contributed by atoms with van der Waals surface area (Å²) < 4.78 is 2.38. The molecule has 0 fully saturated rings. The first-order chi connectivity index (χ1) is 18.6. The summed E-state index contributed by atoms with van der Waals surface area (Å²) in [5, 5.41) is 1.31. The van der Waals surface area contributed by atoms with Gasteiger partial charge in [-0.3, -0.25) is 0 Å². The number of nitrogens with zero attached hydrogens (tertiary/aromatic N) is 2. The normalized spacial score (nSPS) is 17.9. The van der Waals surface area contributed by atoms with Gasteiger partial charge in [0.25, 0.3) is 0 Å². The molecule has 4 rings (SSSR count). The molecule has 0 amide bonds. The highest BCUT2D eigenvalue weighted by atomic mass is 15.2. The topological polar surface area (TPSA) is 8.17 Å². The number of hydrogen-bond acceptors (Lipinski definition) is 1. The summed E-state index contributed by atoms with van der Waals surface area (Å²) >= 11 is 0. The van der Waals surface area contributed by atoms with Crippen molar-refractivity contribution in [3.8, 4) is 0 Å². The van der Waals surface area contributed by atoms with Crippen molar-refractivity contribution in [3.05, 3.63) is 132 Å². The third kappa shape index (κ3) is 5.86. The van der Waals surface area contributed by atoms with Gasteiger partial charge in [-0.15, -0.1) is 0 Å². The van der Waals surface area contributed by atoms with E-state index in [1.165, 1.54) is 39.0 Å². The average molecular weight is 503 g/mol. The van der Waals surface area contributed by atoms with Crippen LogP contribution in [0.1, 0.15) is 57.7 Å². The van der Waals surface area contributed by atoms with Crippen molar-refractivity contribution in [2.45, 2.75) is 58.9 Å². The maximum atomic E-state index is 4.58. The molecule has 2 aromatic rings. The lowest BCUT2D eigenvalue weighted by Crippen LogP contribution is -2.34. The standard InChI is InChI=1S/C36H42N2/c1-6-10-16-25-37(31(9-4)19-11-7-2)32-20-17-18-30(27-32)29(8-3)26-28(5)38-35-23-14-12-21-33(35)34-22-13-15-24-36(34)38/h6,9-14,16-19,21-23,26-27,32H,1,5,7-8,15,20,24-25H2,2-4H3/b16-10-,19-11-,29-26+,31-9-. The van der Waals surface area contributed by atoms with Crippen molar-refractivity contribution in [1.82, 2.24) is 9.47 Å². The molecule has 0 saturated carbocycles. The molecular formula is C36H42N2. The second-order valence-electron chi connectivity index (χ2n) is 9.84. The molecule has 0 spiro atoms. The van der Waals surface area contributed by atoms with E-state index in [2.05, 4.69) is 128 Å². The van der Waals surface area contributed by atoms with Crippen LogP contribution in [0.25, 0.3) is 22.7 Å². The van der Waals surface area contributed by atoms with Crippen LogP contribution in [0.2, 0.25) is 0 Å². The van der Waals surface area contributed by atoms with Gasteiger partial charge in [0.15, 0.2) is 0 Å². The zero-order valence-corrected chi connectivity index (χ0v) is 23.4. The van der Waals surface area contributed by atoms with Crippen LogP contribution >= 0.6 is 0 Å². The fourth-order valence-corrected chi connectivity index (χ4v) is 5.55. The fraction of sp³-hybridized carbons (Fsp3) is 0.278. The Morgan fingerprint density at radius 3 is 2.74 bits per heavy atom. The quantitative estimate of drug-likeness (QED) is 0.278. The monoisotopic (exact) mass is 502 g/mol. The van der Waals surface area contributed by atoms with E-state index < -0.39 is 0 Å². The van der Waals surface area contributed by atoms with Gasteiger partial charge in [0.05, 0.1) is 11.6 Å². The minimum absolute atomic E-state index is 0.283. The van der Waals surface area contributed by atoms with Gasteiger partial charge in [0.1, 0.15) is 0 Å². The molecule has 196 valence electrons. The Labute approximate surface area is 229 Å². The number of fused-ring (bicyclic) bond motifs is 3. The zero-order chi connectivity index (χ0) is 26.9. The van der Waals surface area contributed by atoms with Crippen LogP contribution in [-0.4, -0.2) is 22.1 Å². The van der Waals surface area contributed by atoms with Crippen molar-refractivity contribution in [2.75, 3.05) is 6.54 Å². The maximum Gasteiger partial charge on any atom is 0.0537 e. The molecule has 1 aromatic heterocycles. The first-order valence-electron chi connectivity index (χ1n) is 14.1. The van der Waals surface area contributed by atoms with Gasteiger partial charge in [-0.05, 0) is 68.4 Å². The van der Waals surface area contributed by atoms with Crippen LogP contribution in [0, 0.1) is 0 Å². The van der Waals surface area contributed by atoms with Gasteiger partial charge in [-0.25, -0.2) is 0 Å². The highest BCUT2D eigenvalue weighted by molar-refractivity contribution is 5.94. The Morgan fingerprint density at radius 2 is 1.97 bits per heavy atom. The molecule has 1 unspecified atom stereocenters. The Morgan fingerprint density at radius 1 is 1.13 bits per heavy atom. The van der Waals surface area contributed by atoms with Crippen LogP contribution in [-0.2, 0) is 6.42 Å². The molecule has 1 aromatic carbocycles. The van der Waals surface area contributed by atoms with Gasteiger partial charge in [0, 0.05) is 34.6 Å². The summed E-state index contributed by atoms with van der Waals surface area (Å²) in [6.45, 7) is 15.8. The molecule has 0 saturated heterocycles. The molecule has 0 bridgehead atoms. The third-order valence-electron chi connectivity index (χ3n) is 7.40. The predicted molar refractivity (Wildman–Crippen MR) is 168 cm³/mol. The van der Waals surface area contributed by atoms with Crippen molar-refractivity contribution >= 4 is 22.7 Å². The highest BCUT2D eigenvalue weighted by Crippen LogP contribution is 2.35. The second kappa shape index (κ2) is 13.1. The van der Waals surface area contributed by atoms with Gasteiger partial charge in [-0.1, -0.05) is 106 Å².